The van der Waals surface area contributed by atoms with Gasteiger partial charge in [-0.15, -0.1) is 0 Å². The molecule has 4 rings (SSSR count). The molecule has 7 nitrogen and oxygen atoms in total. The van der Waals surface area contributed by atoms with Gasteiger partial charge in [0.1, 0.15) is 0 Å². The van der Waals surface area contributed by atoms with Crippen molar-refractivity contribution >= 4 is 39.3 Å². The summed E-state index contributed by atoms with van der Waals surface area (Å²) in [5.74, 6) is -1.27. The standard InChI is InChI=1S/C19H17N5O2/c1-10-14-8-12(9-20-18(14)24(3)23-10)22-19(26)17(25)16-11(2)21-15-7-5-4-6-13(15)16/h4-9,21H,1-3H3,(H,22,26). The molecule has 0 saturated carbocycles. The van der Waals surface area contributed by atoms with Gasteiger partial charge in [-0.2, -0.15) is 5.10 Å². The maximum Gasteiger partial charge on any atom is 0.296 e. The van der Waals surface area contributed by atoms with Crippen molar-refractivity contribution in [2.24, 2.45) is 7.05 Å². The second-order valence-corrected chi connectivity index (χ2v) is 6.26. The van der Waals surface area contributed by atoms with Gasteiger partial charge in [-0.05, 0) is 26.0 Å². The number of fused-ring (bicyclic) bond motifs is 2. The van der Waals surface area contributed by atoms with Crippen molar-refractivity contribution in [2.75, 3.05) is 5.32 Å². The minimum absolute atomic E-state index is 0.393. The number of nitrogens with zero attached hydrogens (tertiary/aromatic N) is 3. The first-order valence-corrected chi connectivity index (χ1v) is 8.18. The third kappa shape index (κ3) is 2.45. The molecule has 4 aromatic rings. The largest absolute Gasteiger partial charge is 0.358 e. The highest BCUT2D eigenvalue weighted by Crippen LogP contribution is 2.23. The second kappa shape index (κ2) is 5.80. The average molecular weight is 347 g/mol. The van der Waals surface area contributed by atoms with Crippen LogP contribution in [0.5, 0.6) is 0 Å². The topological polar surface area (TPSA) is 92.7 Å². The predicted molar refractivity (Wildman–Crippen MR) is 99.2 cm³/mol. The van der Waals surface area contributed by atoms with Crippen molar-refractivity contribution in [3.63, 3.8) is 0 Å². The number of aromatic amines is 1. The van der Waals surface area contributed by atoms with Crippen LogP contribution < -0.4 is 5.32 Å². The van der Waals surface area contributed by atoms with Gasteiger partial charge >= 0.3 is 0 Å². The number of amides is 1. The molecule has 2 N–H and O–H groups in total. The molecule has 1 aromatic carbocycles. The van der Waals surface area contributed by atoms with Crippen LogP contribution in [0.4, 0.5) is 5.69 Å². The molecule has 130 valence electrons. The van der Waals surface area contributed by atoms with Crippen LogP contribution in [0, 0.1) is 13.8 Å². The second-order valence-electron chi connectivity index (χ2n) is 6.26. The number of hydrogen-bond donors (Lipinski definition) is 2. The number of anilines is 1. The fourth-order valence-electron chi connectivity index (χ4n) is 3.25. The van der Waals surface area contributed by atoms with Crippen LogP contribution in [0.25, 0.3) is 21.9 Å². The Kier molecular flexibility index (Phi) is 3.57. The quantitative estimate of drug-likeness (QED) is 0.440. The van der Waals surface area contributed by atoms with Crippen molar-refractivity contribution in [3.8, 4) is 0 Å². The van der Waals surface area contributed by atoms with Gasteiger partial charge in [-0.25, -0.2) is 4.98 Å². The summed E-state index contributed by atoms with van der Waals surface area (Å²) in [5, 5.41) is 8.52. The lowest BCUT2D eigenvalue weighted by Crippen LogP contribution is -2.23. The molecule has 0 atom stereocenters. The zero-order valence-corrected chi connectivity index (χ0v) is 14.6. The molecule has 1 amide bonds. The number of H-pyrrole nitrogens is 1. The summed E-state index contributed by atoms with van der Waals surface area (Å²) in [5.41, 5.74) is 3.89. The van der Waals surface area contributed by atoms with Gasteiger partial charge in [0.25, 0.3) is 11.7 Å². The Hall–Kier alpha value is -3.48. The zero-order chi connectivity index (χ0) is 18.4. The molecule has 0 saturated heterocycles. The Bertz CT molecular complexity index is 1190. The third-order valence-electron chi connectivity index (χ3n) is 4.45. The molecule has 0 unspecified atom stereocenters. The number of aryl methyl sites for hydroxylation is 3. The Morgan fingerprint density at radius 3 is 2.73 bits per heavy atom. The van der Waals surface area contributed by atoms with Crippen LogP contribution in [0.1, 0.15) is 21.7 Å². The summed E-state index contributed by atoms with van der Waals surface area (Å²) in [6, 6.07) is 9.20. The van der Waals surface area contributed by atoms with Crippen molar-refractivity contribution in [3.05, 3.63) is 53.5 Å². The minimum atomic E-state index is -0.694. The Morgan fingerprint density at radius 1 is 1.15 bits per heavy atom. The maximum absolute atomic E-state index is 12.7. The molecule has 3 aromatic heterocycles. The summed E-state index contributed by atoms with van der Waals surface area (Å²) in [6.45, 7) is 3.66. The van der Waals surface area contributed by atoms with Gasteiger partial charge in [0.15, 0.2) is 5.65 Å². The van der Waals surface area contributed by atoms with E-state index in [-0.39, 0.29) is 0 Å². The molecule has 7 heteroatoms. The van der Waals surface area contributed by atoms with Gasteiger partial charge < -0.3 is 10.3 Å². The first-order valence-electron chi connectivity index (χ1n) is 8.18. The molecule has 0 aliphatic heterocycles. The number of ketones is 1. The lowest BCUT2D eigenvalue weighted by molar-refractivity contribution is -0.112. The number of nitrogens with one attached hydrogen (secondary N) is 2. The number of Topliss-reactive ketones (excluding diaryl/α,β-unsaturated/α-hetero) is 1. The van der Waals surface area contributed by atoms with Crippen LogP contribution in [0.3, 0.4) is 0 Å². The van der Waals surface area contributed by atoms with E-state index < -0.39 is 11.7 Å². The molecule has 0 aliphatic carbocycles. The van der Waals surface area contributed by atoms with Gasteiger partial charge in [0, 0.05) is 29.0 Å². The van der Waals surface area contributed by atoms with Crippen LogP contribution in [0.15, 0.2) is 36.5 Å². The third-order valence-corrected chi connectivity index (χ3v) is 4.45. The maximum atomic E-state index is 12.7. The summed E-state index contributed by atoms with van der Waals surface area (Å²) < 4.78 is 1.68. The van der Waals surface area contributed by atoms with Crippen LogP contribution in [-0.2, 0) is 11.8 Å². The highest BCUT2D eigenvalue weighted by atomic mass is 16.2. The van der Waals surface area contributed by atoms with E-state index in [9.17, 15) is 9.59 Å². The van der Waals surface area contributed by atoms with Crippen LogP contribution >= 0.6 is 0 Å². The molecular weight excluding hydrogens is 330 g/mol. The zero-order valence-electron chi connectivity index (χ0n) is 14.6. The predicted octanol–water partition coefficient (Wildman–Crippen LogP) is 2.89. The fourth-order valence-corrected chi connectivity index (χ4v) is 3.25. The number of pyridine rings is 1. The van der Waals surface area contributed by atoms with Crippen molar-refractivity contribution in [1.82, 2.24) is 19.7 Å². The van der Waals surface area contributed by atoms with Crippen LogP contribution in [-0.4, -0.2) is 31.4 Å². The Morgan fingerprint density at radius 2 is 1.92 bits per heavy atom. The Balaban J connectivity index is 1.66. The highest BCUT2D eigenvalue weighted by Gasteiger charge is 2.23. The Labute approximate surface area is 149 Å². The average Bonchev–Trinajstić information content (AvgIpc) is 3.10. The smallest absolute Gasteiger partial charge is 0.296 e. The number of benzene rings is 1. The highest BCUT2D eigenvalue weighted by molar-refractivity contribution is 6.48. The van der Waals surface area contributed by atoms with E-state index in [0.29, 0.717) is 16.9 Å². The van der Waals surface area contributed by atoms with Gasteiger partial charge in [0.2, 0.25) is 0 Å². The fraction of sp³-hybridized carbons (Fsp3) is 0.158. The molecule has 0 spiro atoms. The van der Waals surface area contributed by atoms with E-state index in [0.717, 1.165) is 27.6 Å². The molecule has 0 bridgehead atoms. The normalized spacial score (nSPS) is 11.2. The van der Waals surface area contributed by atoms with Crippen LogP contribution in [0.2, 0.25) is 0 Å². The van der Waals surface area contributed by atoms with Gasteiger partial charge in [-0.3, -0.25) is 14.3 Å². The van der Waals surface area contributed by atoms with Crippen molar-refractivity contribution in [1.29, 1.82) is 0 Å². The molecule has 0 aliphatic rings. The SMILES string of the molecule is Cc1[nH]c2ccccc2c1C(=O)C(=O)Nc1cnc2c(c1)c(C)nn2C. The molecule has 0 radical (unpaired) electrons. The van der Waals surface area contributed by atoms with Crippen molar-refractivity contribution < 1.29 is 9.59 Å². The minimum Gasteiger partial charge on any atom is -0.358 e. The molecular formula is C19H17N5O2. The number of carbonyl (C=O) groups is 2. The van der Waals surface area contributed by atoms with Crippen molar-refractivity contribution in [2.45, 2.75) is 13.8 Å². The first-order chi connectivity index (χ1) is 12.5. The monoisotopic (exact) mass is 347 g/mol. The number of carbonyl (C=O) groups excluding carboxylic acids is 2. The van der Waals surface area contributed by atoms with E-state index in [1.54, 1.807) is 17.7 Å². The van der Waals surface area contributed by atoms with E-state index in [1.807, 2.05) is 38.2 Å². The summed E-state index contributed by atoms with van der Waals surface area (Å²) in [4.78, 5) is 32.7. The number of hydrogen-bond acceptors (Lipinski definition) is 4. The van der Waals surface area contributed by atoms with Gasteiger partial charge in [0.05, 0.1) is 23.1 Å². The van der Waals surface area contributed by atoms with E-state index >= 15 is 0 Å². The van der Waals surface area contributed by atoms with E-state index in [1.165, 1.54) is 6.20 Å². The number of para-hydroxylation sites is 1. The lowest BCUT2D eigenvalue weighted by atomic mass is 10.1. The molecule has 26 heavy (non-hydrogen) atoms. The lowest BCUT2D eigenvalue weighted by Gasteiger charge is -2.05. The summed E-state index contributed by atoms with van der Waals surface area (Å²) in [6.07, 6.45) is 1.52. The van der Waals surface area contributed by atoms with E-state index in [2.05, 4.69) is 20.4 Å². The number of aromatic nitrogens is 4. The first kappa shape index (κ1) is 16.0. The summed E-state index contributed by atoms with van der Waals surface area (Å²) >= 11 is 0. The van der Waals surface area contributed by atoms with E-state index in [4.69, 9.17) is 0 Å². The summed E-state index contributed by atoms with van der Waals surface area (Å²) in [7, 11) is 1.81. The molecule has 0 fully saturated rings. The number of rotatable bonds is 3. The molecule has 3 heterocycles. The van der Waals surface area contributed by atoms with Gasteiger partial charge in [-0.1, -0.05) is 18.2 Å².